The molecule has 0 fully saturated rings. The summed E-state index contributed by atoms with van der Waals surface area (Å²) >= 11 is 0. The molecule has 2 nitrogen and oxygen atoms in total. The van der Waals surface area contributed by atoms with Crippen LogP contribution in [0.2, 0.25) is 0 Å². The summed E-state index contributed by atoms with van der Waals surface area (Å²) in [6.45, 7) is 21.7. The Morgan fingerprint density at radius 3 is 1.19 bits per heavy atom. The highest BCUT2D eigenvalue weighted by molar-refractivity contribution is 6.11. The normalized spacial score (nSPS) is 16.2. The van der Waals surface area contributed by atoms with Crippen LogP contribution in [-0.2, 0) is 0 Å². The van der Waals surface area contributed by atoms with E-state index >= 15 is 0 Å². The van der Waals surface area contributed by atoms with Gasteiger partial charge in [0.2, 0.25) is 0 Å². The second-order valence-corrected chi connectivity index (χ2v) is 10.0. The van der Waals surface area contributed by atoms with E-state index in [1.165, 1.54) is 74.7 Å². The van der Waals surface area contributed by atoms with Crippen molar-refractivity contribution in [1.29, 1.82) is 0 Å². The molecule has 0 amide bonds. The van der Waals surface area contributed by atoms with Gasteiger partial charge in [0.15, 0.2) is 0 Å². The van der Waals surface area contributed by atoms with Gasteiger partial charge < -0.3 is 0 Å². The van der Waals surface area contributed by atoms with Crippen LogP contribution in [0.5, 0.6) is 0 Å². The Morgan fingerprint density at radius 1 is 0.615 bits per heavy atom. The molecule has 0 N–H and O–H groups in total. The first-order valence-electron chi connectivity index (χ1n) is 11.9. The summed E-state index contributed by atoms with van der Waals surface area (Å²) in [5.41, 5.74) is 0. The van der Waals surface area contributed by atoms with Crippen LogP contribution in [0.25, 0.3) is 0 Å². The lowest BCUT2D eigenvalue weighted by Crippen LogP contribution is -2.58. The summed E-state index contributed by atoms with van der Waals surface area (Å²) in [6, 6.07) is 1.49. The van der Waals surface area contributed by atoms with Crippen molar-refractivity contribution in [2.75, 3.05) is 13.1 Å². The molecule has 0 aromatic rings. The lowest BCUT2D eigenvalue weighted by atomic mass is 9.96. The van der Waals surface area contributed by atoms with Crippen molar-refractivity contribution in [1.82, 2.24) is 9.80 Å². The maximum absolute atomic E-state index is 2.94. The van der Waals surface area contributed by atoms with Crippen LogP contribution in [0.1, 0.15) is 107 Å². The second kappa shape index (κ2) is 15.1. The molecule has 3 heteroatoms. The Labute approximate surface area is 169 Å². The molecule has 158 valence electrons. The SMILES string of the molecule is CCCCN(C(CCC)C(C)C)C([SiH3])N(CCCC)C(CCC)C(C)C. The quantitative estimate of drug-likeness (QED) is 0.256. The zero-order valence-electron chi connectivity index (χ0n) is 19.9. The minimum atomic E-state index is 0.686. The Hall–Kier alpha value is 0.137. The van der Waals surface area contributed by atoms with Crippen LogP contribution in [0, 0.1) is 11.8 Å². The molecule has 0 spiro atoms. The summed E-state index contributed by atoms with van der Waals surface area (Å²) in [6.07, 6.45) is 10.6. The van der Waals surface area contributed by atoms with Gasteiger partial charge in [-0.25, -0.2) is 0 Å². The largest absolute Gasteiger partial charge is 0.288 e. The maximum atomic E-state index is 2.94. The van der Waals surface area contributed by atoms with Gasteiger partial charge in [-0.3, -0.25) is 9.80 Å². The summed E-state index contributed by atoms with van der Waals surface area (Å²) in [5, 5.41) is 0. The van der Waals surface area contributed by atoms with Gasteiger partial charge in [0.25, 0.3) is 0 Å². The Bertz CT molecular complexity index is 289. The van der Waals surface area contributed by atoms with Gasteiger partial charge in [-0.15, -0.1) is 0 Å². The average molecular weight is 385 g/mol. The zero-order chi connectivity index (χ0) is 20.1. The molecule has 0 saturated carbocycles. The third kappa shape index (κ3) is 8.88. The van der Waals surface area contributed by atoms with Crippen LogP contribution in [-0.4, -0.2) is 51.0 Å². The minimum absolute atomic E-state index is 0.686. The fourth-order valence-electron chi connectivity index (χ4n) is 4.49. The first-order chi connectivity index (χ1) is 12.3. The molecule has 0 rings (SSSR count). The summed E-state index contributed by atoms with van der Waals surface area (Å²) in [4.78, 5) is 5.87. The van der Waals surface area contributed by atoms with Crippen LogP contribution < -0.4 is 0 Å². The molecule has 0 aliphatic rings. The molecule has 0 aliphatic heterocycles. The van der Waals surface area contributed by atoms with Crippen LogP contribution in [0.3, 0.4) is 0 Å². The monoisotopic (exact) mass is 384 g/mol. The highest BCUT2D eigenvalue weighted by Gasteiger charge is 2.32. The predicted octanol–water partition coefficient (Wildman–Crippen LogP) is 5.49. The van der Waals surface area contributed by atoms with Gasteiger partial charge in [0, 0.05) is 28.1 Å². The van der Waals surface area contributed by atoms with Crippen LogP contribution >= 0.6 is 0 Å². The predicted molar refractivity (Wildman–Crippen MR) is 124 cm³/mol. The molecule has 0 heterocycles. The highest BCUT2D eigenvalue weighted by atomic mass is 28.1. The van der Waals surface area contributed by atoms with E-state index in [-0.39, 0.29) is 0 Å². The van der Waals surface area contributed by atoms with E-state index in [4.69, 9.17) is 0 Å². The van der Waals surface area contributed by atoms with Crippen LogP contribution in [0.15, 0.2) is 0 Å². The van der Waals surface area contributed by atoms with Gasteiger partial charge in [-0.2, -0.15) is 0 Å². The first kappa shape index (κ1) is 26.1. The van der Waals surface area contributed by atoms with Crippen molar-refractivity contribution in [3.05, 3.63) is 0 Å². The van der Waals surface area contributed by atoms with E-state index in [9.17, 15) is 0 Å². The number of unbranched alkanes of at least 4 members (excludes halogenated alkanes) is 2. The lowest BCUT2D eigenvalue weighted by molar-refractivity contribution is 0.00100. The topological polar surface area (TPSA) is 6.48 Å². The Morgan fingerprint density at radius 2 is 0.962 bits per heavy atom. The van der Waals surface area contributed by atoms with Gasteiger partial charge in [0.05, 0.1) is 0 Å². The third-order valence-electron chi connectivity index (χ3n) is 6.06. The van der Waals surface area contributed by atoms with Gasteiger partial charge in [-0.1, -0.05) is 81.1 Å². The Balaban J connectivity index is 5.63. The average Bonchev–Trinajstić information content (AvgIpc) is 2.59. The van der Waals surface area contributed by atoms with Crippen molar-refractivity contribution in [2.45, 2.75) is 125 Å². The number of hydrogen-bond acceptors (Lipinski definition) is 2. The summed E-state index contributed by atoms with van der Waals surface area (Å²) < 4.78 is 0. The molecule has 0 radical (unpaired) electrons. The van der Waals surface area contributed by atoms with Crippen molar-refractivity contribution in [2.24, 2.45) is 11.8 Å². The molecule has 0 aromatic heterocycles. The van der Waals surface area contributed by atoms with E-state index in [1.807, 2.05) is 0 Å². The van der Waals surface area contributed by atoms with E-state index in [0.29, 0.717) is 5.79 Å². The van der Waals surface area contributed by atoms with E-state index in [0.717, 1.165) is 23.9 Å². The molecule has 2 unspecified atom stereocenters. The third-order valence-corrected chi connectivity index (χ3v) is 7.39. The standard InChI is InChI=1S/C23H52N2Si/c1-9-13-17-24(21(15-11-3)19(5)6)23(26)25(18-14-10-2)22(16-12-4)20(7)8/h19-23H,9-18H2,1-8,26H3. The number of hydrogen-bond donors (Lipinski definition) is 0. The molecule has 0 saturated heterocycles. The van der Waals surface area contributed by atoms with Gasteiger partial charge in [-0.05, 0) is 50.6 Å². The highest BCUT2D eigenvalue weighted by Crippen LogP contribution is 2.25. The van der Waals surface area contributed by atoms with E-state index in [1.54, 1.807) is 0 Å². The fraction of sp³-hybridized carbons (Fsp3) is 1.00. The zero-order valence-corrected chi connectivity index (χ0v) is 21.9. The first-order valence-corrected chi connectivity index (χ1v) is 13.0. The van der Waals surface area contributed by atoms with Crippen molar-refractivity contribution in [3.8, 4) is 0 Å². The van der Waals surface area contributed by atoms with E-state index in [2.05, 4.69) is 65.2 Å². The molecule has 26 heavy (non-hydrogen) atoms. The minimum Gasteiger partial charge on any atom is -0.288 e. The molecule has 0 bridgehead atoms. The number of rotatable bonds is 16. The van der Waals surface area contributed by atoms with Crippen molar-refractivity contribution in [3.63, 3.8) is 0 Å². The van der Waals surface area contributed by atoms with Crippen molar-refractivity contribution >= 4 is 10.2 Å². The second-order valence-electron chi connectivity index (χ2n) is 9.01. The molecular weight excluding hydrogens is 332 g/mol. The molecule has 2 atom stereocenters. The lowest BCUT2D eigenvalue weighted by Gasteiger charge is -2.48. The summed E-state index contributed by atoms with van der Waals surface area (Å²) in [7, 11) is 1.24. The van der Waals surface area contributed by atoms with E-state index < -0.39 is 0 Å². The summed E-state index contributed by atoms with van der Waals surface area (Å²) in [5.74, 6) is 2.19. The smallest absolute Gasteiger partial charge is 0.0429 e. The molecule has 0 aromatic carbocycles. The van der Waals surface area contributed by atoms with Crippen molar-refractivity contribution < 1.29 is 0 Å². The fourth-order valence-corrected chi connectivity index (χ4v) is 5.77. The Kier molecular flexibility index (Phi) is 15.2. The maximum Gasteiger partial charge on any atom is 0.0429 e. The van der Waals surface area contributed by atoms with Gasteiger partial charge >= 0.3 is 0 Å². The molecular formula is C23H52N2Si. The number of nitrogens with zero attached hydrogens (tertiary/aromatic N) is 2. The van der Waals surface area contributed by atoms with Crippen LogP contribution in [0.4, 0.5) is 0 Å². The van der Waals surface area contributed by atoms with Gasteiger partial charge in [0.1, 0.15) is 0 Å². The molecule has 0 aliphatic carbocycles.